The molecule has 2 rings (SSSR count). The van der Waals surface area contributed by atoms with Crippen LogP contribution in [0.5, 0.6) is 0 Å². The molecule has 5 heteroatoms. The molecule has 0 aliphatic carbocycles. The maximum atomic E-state index is 12.3. The van der Waals surface area contributed by atoms with Crippen LogP contribution in [0.25, 0.3) is 6.08 Å². The van der Waals surface area contributed by atoms with Gasteiger partial charge >= 0.3 is 5.97 Å². The Kier molecular flexibility index (Phi) is 6.32. The van der Waals surface area contributed by atoms with Crippen molar-refractivity contribution in [2.75, 3.05) is 14.1 Å². The number of hydrogen-bond acceptors (Lipinski definition) is 3. The summed E-state index contributed by atoms with van der Waals surface area (Å²) in [7, 11) is 3.26. The highest BCUT2D eigenvalue weighted by molar-refractivity contribution is 9.10. The third-order valence-electron chi connectivity index (χ3n) is 3.28. The lowest BCUT2D eigenvalue weighted by Gasteiger charge is -2.20. The second-order valence-corrected chi connectivity index (χ2v) is 6.26. The Balaban J connectivity index is 2.12. The molecular weight excluding hydrogens is 370 g/mol. The van der Waals surface area contributed by atoms with Crippen LogP contribution in [-0.2, 0) is 14.3 Å². The summed E-state index contributed by atoms with van der Waals surface area (Å²) in [6.07, 6.45) is 2.02. The van der Waals surface area contributed by atoms with Crippen molar-refractivity contribution in [3.63, 3.8) is 0 Å². The van der Waals surface area contributed by atoms with Gasteiger partial charge in [-0.25, -0.2) is 4.79 Å². The molecule has 4 nitrogen and oxygen atoms in total. The highest BCUT2D eigenvalue weighted by Gasteiger charge is 2.25. The maximum Gasteiger partial charge on any atom is 0.331 e. The zero-order valence-electron chi connectivity index (χ0n) is 13.5. The molecule has 1 atom stereocenters. The van der Waals surface area contributed by atoms with Gasteiger partial charge in [-0.1, -0.05) is 58.4 Å². The monoisotopic (exact) mass is 387 g/mol. The SMILES string of the molecule is CN(C)C(=O)[C@H](OC(=O)/C=C/c1ccc(Br)cc1)c1ccccc1. The number of carbonyl (C=O) groups excluding carboxylic acids is 2. The minimum atomic E-state index is -0.955. The summed E-state index contributed by atoms with van der Waals surface area (Å²) < 4.78 is 6.34. The van der Waals surface area contributed by atoms with Crippen molar-refractivity contribution in [1.82, 2.24) is 4.90 Å². The van der Waals surface area contributed by atoms with Crippen LogP contribution in [0, 0.1) is 0 Å². The van der Waals surface area contributed by atoms with E-state index in [-0.39, 0.29) is 5.91 Å². The molecule has 0 N–H and O–H groups in total. The summed E-state index contributed by atoms with van der Waals surface area (Å²) in [5, 5.41) is 0. The van der Waals surface area contributed by atoms with Crippen LogP contribution in [0.15, 0.2) is 65.1 Å². The number of nitrogens with zero attached hydrogens (tertiary/aromatic N) is 1. The van der Waals surface area contributed by atoms with E-state index in [4.69, 9.17) is 4.74 Å². The zero-order chi connectivity index (χ0) is 17.5. The molecule has 0 bridgehead atoms. The fraction of sp³-hybridized carbons (Fsp3) is 0.158. The number of hydrogen-bond donors (Lipinski definition) is 0. The van der Waals surface area contributed by atoms with E-state index in [0.29, 0.717) is 5.56 Å². The van der Waals surface area contributed by atoms with Gasteiger partial charge in [-0.15, -0.1) is 0 Å². The van der Waals surface area contributed by atoms with E-state index < -0.39 is 12.1 Å². The first kappa shape index (κ1) is 17.9. The molecule has 2 aromatic carbocycles. The third kappa shape index (κ3) is 5.06. The number of rotatable bonds is 5. The van der Waals surface area contributed by atoms with E-state index in [1.165, 1.54) is 11.0 Å². The number of halogens is 1. The van der Waals surface area contributed by atoms with Crippen molar-refractivity contribution < 1.29 is 14.3 Å². The van der Waals surface area contributed by atoms with Gasteiger partial charge in [0, 0.05) is 30.2 Å². The van der Waals surface area contributed by atoms with Crippen molar-refractivity contribution in [1.29, 1.82) is 0 Å². The average molecular weight is 388 g/mol. The molecule has 0 radical (unpaired) electrons. The fourth-order valence-electron chi connectivity index (χ4n) is 2.02. The molecular formula is C19H18BrNO3. The lowest BCUT2D eigenvalue weighted by atomic mass is 10.1. The van der Waals surface area contributed by atoms with E-state index in [2.05, 4.69) is 15.9 Å². The number of amides is 1. The molecule has 0 aliphatic heterocycles. The molecule has 1 amide bonds. The van der Waals surface area contributed by atoms with Gasteiger partial charge in [-0.3, -0.25) is 4.79 Å². The van der Waals surface area contributed by atoms with Crippen LogP contribution in [0.3, 0.4) is 0 Å². The molecule has 0 aliphatic rings. The largest absolute Gasteiger partial charge is 0.444 e. The molecule has 2 aromatic rings. The summed E-state index contributed by atoms with van der Waals surface area (Å²) in [6.45, 7) is 0. The normalized spacial score (nSPS) is 12.0. The van der Waals surface area contributed by atoms with Gasteiger partial charge in [-0.05, 0) is 23.8 Å². The first-order valence-electron chi connectivity index (χ1n) is 7.38. The summed E-state index contributed by atoms with van der Waals surface area (Å²) in [5.41, 5.74) is 1.51. The number of esters is 1. The molecule has 0 unspecified atom stereocenters. The van der Waals surface area contributed by atoms with Crippen LogP contribution >= 0.6 is 15.9 Å². The minimum Gasteiger partial charge on any atom is -0.444 e. The van der Waals surface area contributed by atoms with Crippen molar-refractivity contribution in [2.45, 2.75) is 6.10 Å². The molecule has 0 saturated carbocycles. The van der Waals surface area contributed by atoms with Crippen molar-refractivity contribution in [3.05, 3.63) is 76.3 Å². The lowest BCUT2D eigenvalue weighted by molar-refractivity contribution is -0.155. The molecule has 0 saturated heterocycles. The fourth-order valence-corrected chi connectivity index (χ4v) is 2.28. The van der Waals surface area contributed by atoms with Crippen molar-refractivity contribution in [3.8, 4) is 0 Å². The van der Waals surface area contributed by atoms with Crippen LogP contribution < -0.4 is 0 Å². The number of carbonyl (C=O) groups is 2. The molecule has 0 fully saturated rings. The summed E-state index contributed by atoms with van der Waals surface area (Å²) >= 11 is 3.36. The van der Waals surface area contributed by atoms with Crippen LogP contribution in [0.1, 0.15) is 17.2 Å². The van der Waals surface area contributed by atoms with Crippen LogP contribution in [-0.4, -0.2) is 30.9 Å². The molecule has 24 heavy (non-hydrogen) atoms. The first-order chi connectivity index (χ1) is 11.5. The van der Waals surface area contributed by atoms with Crippen molar-refractivity contribution in [2.24, 2.45) is 0 Å². The van der Waals surface area contributed by atoms with Gasteiger partial charge < -0.3 is 9.64 Å². The van der Waals surface area contributed by atoms with Gasteiger partial charge in [0.15, 0.2) is 0 Å². The predicted molar refractivity (Wildman–Crippen MR) is 97.1 cm³/mol. The minimum absolute atomic E-state index is 0.286. The molecule has 0 aromatic heterocycles. The molecule has 124 valence electrons. The quantitative estimate of drug-likeness (QED) is 0.578. The van der Waals surface area contributed by atoms with Gasteiger partial charge in [0.1, 0.15) is 0 Å². The predicted octanol–water partition coefficient (Wildman–Crippen LogP) is 3.84. The Bertz CT molecular complexity index is 724. The van der Waals surface area contributed by atoms with E-state index in [1.54, 1.807) is 44.4 Å². The van der Waals surface area contributed by atoms with E-state index in [0.717, 1.165) is 10.0 Å². The third-order valence-corrected chi connectivity index (χ3v) is 3.81. The van der Waals surface area contributed by atoms with Gasteiger partial charge in [-0.2, -0.15) is 0 Å². The average Bonchev–Trinajstić information content (AvgIpc) is 2.59. The first-order valence-corrected chi connectivity index (χ1v) is 8.17. The van der Waals surface area contributed by atoms with Gasteiger partial charge in [0.05, 0.1) is 0 Å². The van der Waals surface area contributed by atoms with Crippen LogP contribution in [0.2, 0.25) is 0 Å². The Labute approximate surface area is 149 Å². The highest BCUT2D eigenvalue weighted by atomic mass is 79.9. The number of ether oxygens (including phenoxy) is 1. The van der Waals surface area contributed by atoms with Crippen LogP contribution in [0.4, 0.5) is 0 Å². The van der Waals surface area contributed by atoms with E-state index >= 15 is 0 Å². The van der Waals surface area contributed by atoms with Crippen molar-refractivity contribution >= 4 is 33.9 Å². The number of likely N-dealkylation sites (N-methyl/N-ethyl adjacent to an activating group) is 1. The second kappa shape index (κ2) is 8.45. The standard InChI is InChI=1S/C19H18BrNO3/c1-21(2)19(23)18(15-6-4-3-5-7-15)24-17(22)13-10-14-8-11-16(20)12-9-14/h3-13,18H,1-2H3/b13-10+/t18-/m1/s1. The summed E-state index contributed by atoms with van der Waals surface area (Å²) in [6, 6.07) is 16.5. The highest BCUT2D eigenvalue weighted by Crippen LogP contribution is 2.20. The summed E-state index contributed by atoms with van der Waals surface area (Å²) in [4.78, 5) is 25.8. The smallest absolute Gasteiger partial charge is 0.331 e. The Morgan fingerprint density at radius 1 is 1.04 bits per heavy atom. The lowest BCUT2D eigenvalue weighted by Crippen LogP contribution is -2.30. The topological polar surface area (TPSA) is 46.6 Å². The Morgan fingerprint density at radius 2 is 1.67 bits per heavy atom. The zero-order valence-corrected chi connectivity index (χ0v) is 15.1. The Morgan fingerprint density at radius 3 is 2.25 bits per heavy atom. The van der Waals surface area contributed by atoms with Gasteiger partial charge in [0.2, 0.25) is 6.10 Å². The van der Waals surface area contributed by atoms with Gasteiger partial charge in [0.25, 0.3) is 5.91 Å². The molecule has 0 heterocycles. The maximum absolute atomic E-state index is 12.3. The summed E-state index contributed by atoms with van der Waals surface area (Å²) in [5.74, 6) is -0.853. The second-order valence-electron chi connectivity index (χ2n) is 5.35. The van der Waals surface area contributed by atoms with E-state index in [1.807, 2.05) is 30.3 Å². The number of benzene rings is 2. The Hall–Kier alpha value is -2.40. The molecule has 0 spiro atoms. The van der Waals surface area contributed by atoms with E-state index in [9.17, 15) is 9.59 Å².